The van der Waals surface area contributed by atoms with Gasteiger partial charge in [-0.3, -0.25) is 9.59 Å². The molecule has 7 heteroatoms. The van der Waals surface area contributed by atoms with Gasteiger partial charge < -0.3 is 15.4 Å². The van der Waals surface area contributed by atoms with Gasteiger partial charge in [-0.25, -0.2) is 0 Å². The van der Waals surface area contributed by atoms with Crippen molar-refractivity contribution in [3.05, 3.63) is 51.5 Å². The summed E-state index contributed by atoms with van der Waals surface area (Å²) in [6.07, 6.45) is -0.336. The second-order valence-electron chi connectivity index (χ2n) is 5.76. The Hall–Kier alpha value is -2.05. The lowest BCUT2D eigenvalue weighted by atomic mass is 10.1. The maximum Gasteiger partial charge on any atom is 0.265 e. The van der Waals surface area contributed by atoms with Crippen molar-refractivity contribution in [2.75, 3.05) is 10.6 Å². The maximum absolute atomic E-state index is 12.5. The number of amides is 2. The fourth-order valence-electron chi connectivity index (χ4n) is 2.13. The predicted octanol–water partition coefficient (Wildman–Crippen LogP) is 5.17. The molecule has 0 aromatic heterocycles. The molecular weight excluding hydrogens is 420 g/mol. The van der Waals surface area contributed by atoms with E-state index in [0.717, 1.165) is 5.56 Å². The number of halogens is 2. The van der Waals surface area contributed by atoms with Gasteiger partial charge in [-0.05, 0) is 65.7 Å². The summed E-state index contributed by atoms with van der Waals surface area (Å²) in [6, 6.07) is 10.4. The SMILES string of the molecule is CCC(=O)Nc1ccc(C)c(NC(=O)C(C)Oc2ccc(Cl)cc2Br)c1. The van der Waals surface area contributed by atoms with Crippen molar-refractivity contribution in [3.63, 3.8) is 0 Å². The van der Waals surface area contributed by atoms with E-state index in [2.05, 4.69) is 26.6 Å². The Morgan fingerprint density at radius 3 is 2.58 bits per heavy atom. The van der Waals surface area contributed by atoms with Crippen LogP contribution >= 0.6 is 27.5 Å². The van der Waals surface area contributed by atoms with Crippen LogP contribution in [0.5, 0.6) is 5.75 Å². The zero-order chi connectivity index (χ0) is 19.3. The third kappa shape index (κ3) is 5.47. The zero-order valence-electron chi connectivity index (χ0n) is 14.7. The highest BCUT2D eigenvalue weighted by Gasteiger charge is 2.17. The molecule has 2 aromatic carbocycles. The number of benzene rings is 2. The van der Waals surface area contributed by atoms with E-state index >= 15 is 0 Å². The molecule has 5 nitrogen and oxygen atoms in total. The molecule has 0 spiro atoms. The van der Waals surface area contributed by atoms with E-state index in [4.69, 9.17) is 16.3 Å². The van der Waals surface area contributed by atoms with Gasteiger partial charge in [0.15, 0.2) is 6.10 Å². The van der Waals surface area contributed by atoms with Crippen LogP contribution in [0.25, 0.3) is 0 Å². The van der Waals surface area contributed by atoms with Gasteiger partial charge in [-0.2, -0.15) is 0 Å². The van der Waals surface area contributed by atoms with Crippen molar-refractivity contribution in [1.29, 1.82) is 0 Å². The second kappa shape index (κ2) is 9.05. The van der Waals surface area contributed by atoms with E-state index in [0.29, 0.717) is 33.0 Å². The molecule has 0 saturated carbocycles. The largest absolute Gasteiger partial charge is 0.480 e. The van der Waals surface area contributed by atoms with Gasteiger partial charge in [-0.15, -0.1) is 0 Å². The molecule has 2 aromatic rings. The minimum absolute atomic E-state index is 0.0876. The van der Waals surface area contributed by atoms with Gasteiger partial charge in [0, 0.05) is 22.8 Å². The molecule has 0 aliphatic rings. The minimum atomic E-state index is -0.722. The van der Waals surface area contributed by atoms with Crippen molar-refractivity contribution >= 4 is 50.7 Å². The molecule has 0 aliphatic heterocycles. The van der Waals surface area contributed by atoms with Crippen molar-refractivity contribution in [1.82, 2.24) is 0 Å². The van der Waals surface area contributed by atoms with Crippen LogP contribution in [0.15, 0.2) is 40.9 Å². The van der Waals surface area contributed by atoms with E-state index in [1.54, 1.807) is 44.2 Å². The molecule has 26 heavy (non-hydrogen) atoms. The molecule has 138 valence electrons. The number of hydrogen-bond donors (Lipinski definition) is 2. The summed E-state index contributed by atoms with van der Waals surface area (Å²) in [5, 5.41) is 6.18. The Morgan fingerprint density at radius 1 is 1.19 bits per heavy atom. The Balaban J connectivity index is 2.08. The maximum atomic E-state index is 12.5. The highest BCUT2D eigenvalue weighted by atomic mass is 79.9. The molecule has 0 heterocycles. The lowest BCUT2D eigenvalue weighted by molar-refractivity contribution is -0.122. The minimum Gasteiger partial charge on any atom is -0.480 e. The molecule has 1 atom stereocenters. The molecular formula is C19H20BrClN2O3. The molecule has 2 rings (SSSR count). The first-order valence-corrected chi connectivity index (χ1v) is 9.30. The van der Waals surface area contributed by atoms with Gasteiger partial charge in [-0.1, -0.05) is 24.6 Å². The number of ether oxygens (including phenoxy) is 1. The van der Waals surface area contributed by atoms with Crippen LogP contribution < -0.4 is 15.4 Å². The fourth-order valence-corrected chi connectivity index (χ4v) is 2.91. The molecule has 0 fully saturated rings. The lowest BCUT2D eigenvalue weighted by Gasteiger charge is -2.17. The Morgan fingerprint density at radius 2 is 1.92 bits per heavy atom. The summed E-state index contributed by atoms with van der Waals surface area (Å²) in [7, 11) is 0. The monoisotopic (exact) mass is 438 g/mol. The van der Waals surface area contributed by atoms with E-state index in [-0.39, 0.29) is 11.8 Å². The quantitative estimate of drug-likeness (QED) is 0.653. The average molecular weight is 440 g/mol. The summed E-state index contributed by atoms with van der Waals surface area (Å²) in [6.45, 7) is 5.32. The molecule has 1 unspecified atom stereocenters. The zero-order valence-corrected chi connectivity index (χ0v) is 17.1. The van der Waals surface area contributed by atoms with Crippen LogP contribution in [0.3, 0.4) is 0 Å². The number of anilines is 2. The van der Waals surface area contributed by atoms with Crippen LogP contribution in [-0.4, -0.2) is 17.9 Å². The van der Waals surface area contributed by atoms with Crippen LogP contribution in [0.4, 0.5) is 11.4 Å². The third-order valence-electron chi connectivity index (χ3n) is 3.67. The van der Waals surface area contributed by atoms with E-state index < -0.39 is 6.10 Å². The molecule has 0 aliphatic carbocycles. The average Bonchev–Trinajstić information content (AvgIpc) is 2.60. The van der Waals surface area contributed by atoms with Gasteiger partial charge in [0.2, 0.25) is 5.91 Å². The van der Waals surface area contributed by atoms with Crippen molar-refractivity contribution in [2.24, 2.45) is 0 Å². The molecule has 0 bridgehead atoms. The highest BCUT2D eigenvalue weighted by molar-refractivity contribution is 9.10. The third-order valence-corrected chi connectivity index (χ3v) is 4.52. The summed E-state index contributed by atoms with van der Waals surface area (Å²) in [5.41, 5.74) is 2.13. The number of carbonyl (C=O) groups is 2. The first-order chi connectivity index (χ1) is 12.3. The van der Waals surface area contributed by atoms with Crippen molar-refractivity contribution in [3.8, 4) is 5.75 Å². The number of hydrogen-bond acceptors (Lipinski definition) is 3. The van der Waals surface area contributed by atoms with Crippen LogP contribution in [0.1, 0.15) is 25.8 Å². The second-order valence-corrected chi connectivity index (χ2v) is 7.05. The van der Waals surface area contributed by atoms with Gasteiger partial charge in [0.05, 0.1) is 4.47 Å². The van der Waals surface area contributed by atoms with Gasteiger partial charge in [0.25, 0.3) is 5.91 Å². The Kier molecular flexibility index (Phi) is 7.06. The topological polar surface area (TPSA) is 67.4 Å². The van der Waals surface area contributed by atoms with Crippen LogP contribution in [0.2, 0.25) is 5.02 Å². The fraction of sp³-hybridized carbons (Fsp3) is 0.263. The standard InChI is InChI=1S/C19H20BrClN2O3/c1-4-18(24)22-14-7-5-11(2)16(10-14)23-19(25)12(3)26-17-8-6-13(21)9-15(17)20/h5-10,12H,4H2,1-3H3,(H,22,24)(H,23,25). The summed E-state index contributed by atoms with van der Waals surface area (Å²) in [4.78, 5) is 24.0. The van der Waals surface area contributed by atoms with Crippen molar-refractivity contribution in [2.45, 2.75) is 33.3 Å². The summed E-state index contributed by atoms with van der Waals surface area (Å²) < 4.78 is 6.37. The normalized spacial score (nSPS) is 11.6. The Labute approximate surface area is 166 Å². The summed E-state index contributed by atoms with van der Waals surface area (Å²) >= 11 is 9.27. The highest BCUT2D eigenvalue weighted by Crippen LogP contribution is 2.29. The van der Waals surface area contributed by atoms with E-state index in [1.807, 2.05) is 13.0 Å². The first kappa shape index (κ1) is 20.3. The van der Waals surface area contributed by atoms with Gasteiger partial charge >= 0.3 is 0 Å². The molecule has 0 radical (unpaired) electrons. The van der Waals surface area contributed by atoms with Crippen LogP contribution in [0, 0.1) is 6.92 Å². The smallest absolute Gasteiger partial charge is 0.265 e. The van der Waals surface area contributed by atoms with Crippen molar-refractivity contribution < 1.29 is 14.3 Å². The number of nitrogens with one attached hydrogen (secondary N) is 2. The predicted molar refractivity (Wildman–Crippen MR) is 108 cm³/mol. The molecule has 2 amide bonds. The number of carbonyl (C=O) groups excluding carboxylic acids is 2. The van der Waals surface area contributed by atoms with E-state index in [9.17, 15) is 9.59 Å². The number of aryl methyl sites for hydroxylation is 1. The summed E-state index contributed by atoms with van der Waals surface area (Å²) in [5.74, 6) is 0.141. The van der Waals surface area contributed by atoms with Gasteiger partial charge in [0.1, 0.15) is 5.75 Å². The molecule has 0 saturated heterocycles. The van der Waals surface area contributed by atoms with E-state index in [1.165, 1.54) is 0 Å². The van der Waals surface area contributed by atoms with Crippen LogP contribution in [-0.2, 0) is 9.59 Å². The first-order valence-electron chi connectivity index (χ1n) is 8.13. The number of rotatable bonds is 6. The Bertz CT molecular complexity index is 826. The lowest BCUT2D eigenvalue weighted by Crippen LogP contribution is -2.30. The molecule has 2 N–H and O–H groups in total.